The Hall–Kier alpha value is -1.98. The van der Waals surface area contributed by atoms with Crippen LogP contribution in [-0.2, 0) is 21.9 Å². The molecule has 2 atom stereocenters. The largest absolute Gasteiger partial charge is 0.352 e. The van der Waals surface area contributed by atoms with E-state index in [4.69, 9.17) is 11.6 Å². The van der Waals surface area contributed by atoms with Gasteiger partial charge in [-0.25, -0.2) is 0 Å². The number of carbonyl (C=O) groups excluding carboxylic acids is 2. The molecular formula is C25H33ClN2O2S. The Labute approximate surface area is 195 Å². The molecule has 2 aromatic rings. The quantitative estimate of drug-likeness (QED) is 0.507. The Balaban J connectivity index is 2.11. The van der Waals surface area contributed by atoms with Crippen molar-refractivity contribution in [3.05, 3.63) is 69.7 Å². The molecule has 1 N–H and O–H groups in total. The van der Waals surface area contributed by atoms with Gasteiger partial charge in [0, 0.05) is 23.4 Å². The van der Waals surface area contributed by atoms with E-state index in [1.54, 1.807) is 29.7 Å². The van der Waals surface area contributed by atoms with Crippen molar-refractivity contribution in [2.75, 3.05) is 5.75 Å². The highest BCUT2D eigenvalue weighted by Crippen LogP contribution is 2.21. The smallest absolute Gasteiger partial charge is 0.242 e. The predicted molar refractivity (Wildman–Crippen MR) is 131 cm³/mol. The Morgan fingerprint density at radius 2 is 1.74 bits per heavy atom. The number of carbonyl (C=O) groups is 2. The van der Waals surface area contributed by atoms with E-state index in [0.29, 0.717) is 17.3 Å². The lowest BCUT2D eigenvalue weighted by molar-refractivity contribution is -0.138. The number of hydrogen-bond donors (Lipinski definition) is 1. The molecular weight excluding hydrogens is 428 g/mol. The zero-order chi connectivity index (χ0) is 23.0. The zero-order valence-corrected chi connectivity index (χ0v) is 20.6. The minimum absolute atomic E-state index is 0.0613. The number of aryl methyl sites for hydroxylation is 2. The Morgan fingerprint density at radius 3 is 2.35 bits per heavy atom. The molecule has 0 bridgehead atoms. The Morgan fingerprint density at radius 1 is 1.10 bits per heavy atom. The molecule has 0 unspecified atom stereocenters. The number of benzene rings is 2. The molecule has 0 spiro atoms. The second kappa shape index (κ2) is 12.2. The summed E-state index contributed by atoms with van der Waals surface area (Å²) in [6.07, 6.45) is 0.836. The maximum atomic E-state index is 13.2. The van der Waals surface area contributed by atoms with Crippen molar-refractivity contribution >= 4 is 35.2 Å². The first-order valence-corrected chi connectivity index (χ1v) is 12.2. The lowest BCUT2D eigenvalue weighted by atomic mass is 10.1. The van der Waals surface area contributed by atoms with Crippen molar-refractivity contribution < 1.29 is 9.59 Å². The molecule has 168 valence electrons. The average molecular weight is 461 g/mol. The van der Waals surface area contributed by atoms with Crippen LogP contribution in [0, 0.1) is 13.8 Å². The highest BCUT2D eigenvalue weighted by Gasteiger charge is 2.27. The van der Waals surface area contributed by atoms with Crippen molar-refractivity contribution in [2.45, 2.75) is 65.4 Å². The van der Waals surface area contributed by atoms with Gasteiger partial charge in [-0.15, -0.1) is 11.8 Å². The second-order valence-corrected chi connectivity index (χ2v) is 9.49. The number of nitrogens with one attached hydrogen (secondary N) is 1. The van der Waals surface area contributed by atoms with Crippen molar-refractivity contribution in [1.82, 2.24) is 10.2 Å². The van der Waals surface area contributed by atoms with Crippen molar-refractivity contribution in [3.8, 4) is 0 Å². The van der Waals surface area contributed by atoms with Crippen molar-refractivity contribution in [3.63, 3.8) is 0 Å². The van der Waals surface area contributed by atoms with E-state index in [0.717, 1.165) is 17.7 Å². The standard InChI is InChI=1S/C25H33ClN2O2S/c1-6-19(4)27-25(30)20(5)28(14-22-9-7-8-10-23(22)26)24(29)16-31-15-21-12-17(2)11-18(3)13-21/h7-13,19-20H,6,14-16H2,1-5H3,(H,27,30)/t19-,20+/m1/s1. The van der Waals surface area contributed by atoms with Gasteiger partial charge >= 0.3 is 0 Å². The van der Waals surface area contributed by atoms with Crippen LogP contribution in [0.4, 0.5) is 0 Å². The molecule has 0 aliphatic heterocycles. The number of halogens is 1. The summed E-state index contributed by atoms with van der Waals surface area (Å²) in [5.74, 6) is 0.843. The minimum Gasteiger partial charge on any atom is -0.352 e. The Kier molecular flexibility index (Phi) is 9.92. The fraction of sp³-hybridized carbons (Fsp3) is 0.440. The molecule has 0 aliphatic rings. The van der Waals surface area contributed by atoms with Gasteiger partial charge in [0.1, 0.15) is 6.04 Å². The summed E-state index contributed by atoms with van der Waals surface area (Å²) >= 11 is 7.90. The van der Waals surface area contributed by atoms with Gasteiger partial charge < -0.3 is 10.2 Å². The van der Waals surface area contributed by atoms with E-state index in [2.05, 4.69) is 37.4 Å². The Bertz CT molecular complexity index is 883. The van der Waals surface area contributed by atoms with E-state index in [1.165, 1.54) is 16.7 Å². The van der Waals surface area contributed by atoms with Crippen LogP contribution < -0.4 is 5.32 Å². The maximum absolute atomic E-state index is 13.2. The molecule has 2 amide bonds. The van der Waals surface area contributed by atoms with Gasteiger partial charge in [-0.1, -0.05) is 66.0 Å². The summed E-state index contributed by atoms with van der Waals surface area (Å²) in [6.45, 7) is 10.2. The third-order valence-corrected chi connectivity index (χ3v) is 6.60. The van der Waals surface area contributed by atoms with Crippen LogP contribution in [0.1, 0.15) is 49.4 Å². The van der Waals surface area contributed by atoms with E-state index >= 15 is 0 Å². The van der Waals surface area contributed by atoms with Gasteiger partial charge in [-0.2, -0.15) is 0 Å². The highest BCUT2D eigenvalue weighted by atomic mass is 35.5. The summed E-state index contributed by atoms with van der Waals surface area (Å²) in [4.78, 5) is 27.6. The van der Waals surface area contributed by atoms with Crippen LogP contribution in [0.15, 0.2) is 42.5 Å². The van der Waals surface area contributed by atoms with E-state index in [1.807, 2.05) is 32.0 Å². The minimum atomic E-state index is -0.584. The summed E-state index contributed by atoms with van der Waals surface area (Å²) < 4.78 is 0. The second-order valence-electron chi connectivity index (χ2n) is 8.10. The monoisotopic (exact) mass is 460 g/mol. The molecule has 4 nitrogen and oxygen atoms in total. The molecule has 2 aromatic carbocycles. The van der Waals surface area contributed by atoms with E-state index in [-0.39, 0.29) is 17.9 Å². The van der Waals surface area contributed by atoms with E-state index < -0.39 is 6.04 Å². The third kappa shape index (κ3) is 7.89. The van der Waals surface area contributed by atoms with Crippen LogP contribution in [0.5, 0.6) is 0 Å². The van der Waals surface area contributed by atoms with Crippen LogP contribution >= 0.6 is 23.4 Å². The molecule has 0 heterocycles. The van der Waals surface area contributed by atoms with Gasteiger partial charge in [-0.05, 0) is 51.3 Å². The lowest BCUT2D eigenvalue weighted by Gasteiger charge is -2.30. The van der Waals surface area contributed by atoms with Crippen molar-refractivity contribution in [2.24, 2.45) is 0 Å². The number of thioether (sulfide) groups is 1. The first kappa shape index (κ1) is 25.3. The number of amides is 2. The molecule has 2 rings (SSSR count). The van der Waals surface area contributed by atoms with Gasteiger partial charge in [0.15, 0.2) is 0 Å². The number of nitrogens with zero attached hydrogens (tertiary/aromatic N) is 1. The lowest BCUT2D eigenvalue weighted by Crippen LogP contribution is -2.50. The average Bonchev–Trinajstić information content (AvgIpc) is 2.71. The fourth-order valence-corrected chi connectivity index (χ4v) is 4.39. The summed E-state index contributed by atoms with van der Waals surface area (Å²) in [5.41, 5.74) is 4.48. The predicted octanol–water partition coefficient (Wildman–Crippen LogP) is 5.52. The van der Waals surface area contributed by atoms with Gasteiger partial charge in [0.2, 0.25) is 11.8 Å². The van der Waals surface area contributed by atoms with Crippen molar-refractivity contribution in [1.29, 1.82) is 0 Å². The molecule has 6 heteroatoms. The van der Waals surface area contributed by atoms with Gasteiger partial charge in [-0.3, -0.25) is 9.59 Å². The van der Waals surface area contributed by atoms with Gasteiger partial charge in [0.25, 0.3) is 0 Å². The molecule has 0 fully saturated rings. The van der Waals surface area contributed by atoms with Gasteiger partial charge in [0.05, 0.1) is 5.75 Å². The first-order valence-electron chi connectivity index (χ1n) is 10.7. The highest BCUT2D eigenvalue weighted by molar-refractivity contribution is 7.99. The number of hydrogen-bond acceptors (Lipinski definition) is 3. The van der Waals surface area contributed by atoms with Crippen LogP contribution in [0.3, 0.4) is 0 Å². The maximum Gasteiger partial charge on any atom is 0.242 e. The summed E-state index contributed by atoms with van der Waals surface area (Å²) in [5, 5.41) is 3.58. The fourth-order valence-electron chi connectivity index (χ4n) is 3.35. The molecule has 0 aliphatic carbocycles. The first-order chi connectivity index (χ1) is 14.7. The third-order valence-electron chi connectivity index (χ3n) is 5.24. The van der Waals surface area contributed by atoms with E-state index in [9.17, 15) is 9.59 Å². The molecule has 0 saturated heterocycles. The van der Waals surface area contributed by atoms with Crippen LogP contribution in [-0.4, -0.2) is 34.6 Å². The van der Waals surface area contributed by atoms with Crippen LogP contribution in [0.2, 0.25) is 5.02 Å². The normalized spacial score (nSPS) is 12.8. The van der Waals surface area contributed by atoms with Crippen LogP contribution in [0.25, 0.3) is 0 Å². The molecule has 0 saturated carbocycles. The molecule has 0 aromatic heterocycles. The summed E-state index contributed by atoms with van der Waals surface area (Å²) in [6, 6.07) is 13.4. The molecule has 31 heavy (non-hydrogen) atoms. The SMILES string of the molecule is CC[C@@H](C)NC(=O)[C@H](C)N(Cc1ccccc1Cl)C(=O)CSCc1cc(C)cc(C)c1. The summed E-state index contributed by atoms with van der Waals surface area (Å²) in [7, 11) is 0. The zero-order valence-electron chi connectivity index (χ0n) is 19.1. The number of rotatable bonds is 10. The molecule has 0 radical (unpaired) electrons. The topological polar surface area (TPSA) is 49.4 Å².